The molecule has 1 aliphatic rings. The Balaban J connectivity index is 1.82. The molecule has 1 heterocycles. The Morgan fingerprint density at radius 1 is 1.19 bits per heavy atom. The number of allylic oxidation sites excluding steroid dienone is 3. The SMILES string of the molecule is CC1=CC(Cl)=CC(Cl)(c2ccc3c(c2)c(=O)[nH]n3Cc2ccc(F)c(F)c2)C1S(N)(=O)=O. The van der Waals surface area contributed by atoms with E-state index in [0.717, 1.165) is 12.1 Å². The molecule has 3 N–H and O–H groups in total. The van der Waals surface area contributed by atoms with Gasteiger partial charge in [0.25, 0.3) is 5.56 Å². The van der Waals surface area contributed by atoms with Gasteiger partial charge in [0.2, 0.25) is 10.0 Å². The molecule has 0 bridgehead atoms. The van der Waals surface area contributed by atoms with Crippen molar-refractivity contribution >= 4 is 44.1 Å². The zero-order valence-corrected chi connectivity index (χ0v) is 18.9. The highest BCUT2D eigenvalue weighted by Crippen LogP contribution is 2.45. The third-order valence-corrected chi connectivity index (χ3v) is 7.67. The second kappa shape index (κ2) is 7.84. The minimum Gasteiger partial charge on any atom is -0.280 e. The Morgan fingerprint density at radius 2 is 1.91 bits per heavy atom. The summed E-state index contributed by atoms with van der Waals surface area (Å²) >= 11 is 13.0. The molecule has 1 aromatic heterocycles. The van der Waals surface area contributed by atoms with Crippen molar-refractivity contribution in [2.24, 2.45) is 5.14 Å². The van der Waals surface area contributed by atoms with Crippen LogP contribution in [0.3, 0.4) is 0 Å². The van der Waals surface area contributed by atoms with E-state index in [1.807, 2.05) is 0 Å². The number of H-pyrrole nitrogens is 1. The van der Waals surface area contributed by atoms with E-state index in [-0.39, 0.29) is 17.0 Å². The van der Waals surface area contributed by atoms with Gasteiger partial charge in [0.15, 0.2) is 11.6 Å². The molecule has 0 saturated heterocycles. The monoisotopic (exact) mass is 499 g/mol. The van der Waals surface area contributed by atoms with Crippen LogP contribution in [0.4, 0.5) is 8.78 Å². The zero-order chi connectivity index (χ0) is 23.4. The fourth-order valence-corrected chi connectivity index (χ4v) is 6.50. The molecular weight excluding hydrogens is 483 g/mol. The van der Waals surface area contributed by atoms with Crippen LogP contribution < -0.4 is 10.7 Å². The van der Waals surface area contributed by atoms with Crippen LogP contribution in [0.25, 0.3) is 10.9 Å². The van der Waals surface area contributed by atoms with E-state index in [1.165, 1.54) is 29.0 Å². The topological polar surface area (TPSA) is 97.9 Å². The molecule has 168 valence electrons. The van der Waals surface area contributed by atoms with Crippen LogP contribution in [0.1, 0.15) is 18.1 Å². The lowest BCUT2D eigenvalue weighted by Crippen LogP contribution is -2.44. The second-order valence-electron chi connectivity index (χ2n) is 7.66. The number of alkyl halides is 1. The van der Waals surface area contributed by atoms with E-state index < -0.39 is 37.3 Å². The van der Waals surface area contributed by atoms with Gasteiger partial charge < -0.3 is 0 Å². The molecule has 11 heteroatoms. The Kier molecular flexibility index (Phi) is 5.57. The van der Waals surface area contributed by atoms with Crippen molar-refractivity contribution < 1.29 is 17.2 Å². The van der Waals surface area contributed by atoms with Gasteiger partial charge in [-0.2, -0.15) is 0 Å². The van der Waals surface area contributed by atoms with Gasteiger partial charge in [-0.1, -0.05) is 29.3 Å². The average Bonchev–Trinajstić information content (AvgIpc) is 2.98. The van der Waals surface area contributed by atoms with Gasteiger partial charge in [0, 0.05) is 5.03 Å². The number of sulfonamides is 1. The smallest absolute Gasteiger partial charge is 0.271 e. The number of aromatic nitrogens is 2. The Bertz CT molecular complexity index is 1480. The number of benzene rings is 2. The second-order valence-corrected chi connectivity index (χ2v) is 10.4. The molecule has 0 amide bonds. The molecule has 0 radical (unpaired) electrons. The molecule has 4 rings (SSSR count). The molecule has 0 spiro atoms. The molecule has 2 atom stereocenters. The summed E-state index contributed by atoms with van der Waals surface area (Å²) in [5, 5.41) is 7.28. The third-order valence-electron chi connectivity index (χ3n) is 5.37. The summed E-state index contributed by atoms with van der Waals surface area (Å²) in [5.41, 5.74) is 1.11. The molecule has 2 aromatic carbocycles. The van der Waals surface area contributed by atoms with Gasteiger partial charge in [0.1, 0.15) is 10.1 Å². The van der Waals surface area contributed by atoms with Gasteiger partial charge in [-0.15, -0.1) is 11.6 Å². The van der Waals surface area contributed by atoms with Crippen molar-refractivity contribution in [3.05, 3.63) is 92.3 Å². The van der Waals surface area contributed by atoms with Gasteiger partial charge in [0.05, 0.1) is 17.4 Å². The lowest BCUT2D eigenvalue weighted by atomic mass is 9.86. The molecule has 32 heavy (non-hydrogen) atoms. The minimum absolute atomic E-state index is 0.0781. The maximum atomic E-state index is 13.5. The molecule has 1 aliphatic carbocycles. The van der Waals surface area contributed by atoms with Crippen LogP contribution in [-0.2, 0) is 21.4 Å². The summed E-state index contributed by atoms with van der Waals surface area (Å²) in [5.74, 6) is -1.96. The average molecular weight is 500 g/mol. The number of aromatic amines is 1. The molecule has 0 aliphatic heterocycles. The molecule has 6 nitrogen and oxygen atoms in total. The molecular formula is C21H17Cl2F2N3O3S. The first-order valence-electron chi connectivity index (χ1n) is 9.34. The predicted octanol–water partition coefficient (Wildman–Crippen LogP) is 3.83. The van der Waals surface area contributed by atoms with Gasteiger partial charge in [-0.3, -0.25) is 14.6 Å². The number of nitrogens with two attached hydrogens (primary N) is 1. The summed E-state index contributed by atoms with van der Waals surface area (Å²) in [6.45, 7) is 1.64. The summed E-state index contributed by atoms with van der Waals surface area (Å²) in [7, 11) is -4.12. The van der Waals surface area contributed by atoms with E-state index in [4.69, 9.17) is 28.3 Å². The summed E-state index contributed by atoms with van der Waals surface area (Å²) < 4.78 is 52.9. The normalized spacial score (nSPS) is 21.5. The van der Waals surface area contributed by atoms with Crippen LogP contribution in [-0.4, -0.2) is 23.4 Å². The first kappa shape index (κ1) is 22.7. The number of nitrogens with one attached hydrogen (secondary N) is 1. The highest BCUT2D eigenvalue weighted by atomic mass is 35.5. The Labute approximate surface area is 192 Å². The molecule has 2 unspecified atom stereocenters. The Hall–Kier alpha value is -2.46. The van der Waals surface area contributed by atoms with E-state index >= 15 is 0 Å². The van der Waals surface area contributed by atoms with Crippen LogP contribution in [0.15, 0.2) is 64.0 Å². The van der Waals surface area contributed by atoms with Crippen molar-refractivity contribution in [3.8, 4) is 0 Å². The van der Waals surface area contributed by atoms with Crippen LogP contribution in [0, 0.1) is 11.6 Å². The number of fused-ring (bicyclic) bond motifs is 1. The largest absolute Gasteiger partial charge is 0.280 e. The Morgan fingerprint density at radius 3 is 2.56 bits per heavy atom. The standard InChI is InChI=1S/C21H17Cl2F2N3O3S/c1-11-6-14(22)9-21(23,19(11)32(26,30)31)13-3-5-18-15(8-13)20(29)27-28(18)10-12-2-4-16(24)17(25)7-12/h2-9,19H,10H2,1H3,(H,27,29)(H2,26,30,31). The number of primary sulfonamides is 1. The number of rotatable bonds is 4. The highest BCUT2D eigenvalue weighted by molar-refractivity contribution is 7.90. The zero-order valence-electron chi connectivity index (χ0n) is 16.6. The summed E-state index contributed by atoms with van der Waals surface area (Å²) in [6.07, 6.45) is 2.85. The fraction of sp³-hybridized carbons (Fsp3) is 0.190. The van der Waals surface area contributed by atoms with Gasteiger partial charge >= 0.3 is 0 Å². The number of hydrogen-bond acceptors (Lipinski definition) is 3. The number of halogens is 4. The summed E-state index contributed by atoms with van der Waals surface area (Å²) in [6, 6.07) is 8.09. The van der Waals surface area contributed by atoms with Crippen LogP contribution in [0.2, 0.25) is 0 Å². The van der Waals surface area contributed by atoms with Crippen molar-refractivity contribution in [3.63, 3.8) is 0 Å². The third kappa shape index (κ3) is 3.90. The maximum absolute atomic E-state index is 13.5. The fourth-order valence-electron chi connectivity index (χ4n) is 4.06. The molecule has 0 fully saturated rings. The molecule has 0 saturated carbocycles. The lowest BCUT2D eigenvalue weighted by Gasteiger charge is -2.35. The maximum Gasteiger partial charge on any atom is 0.271 e. The highest BCUT2D eigenvalue weighted by Gasteiger charge is 2.47. The number of hydrogen-bond donors (Lipinski definition) is 2. The minimum atomic E-state index is -4.12. The van der Waals surface area contributed by atoms with Gasteiger partial charge in [-0.25, -0.2) is 22.3 Å². The van der Waals surface area contributed by atoms with Crippen LogP contribution >= 0.6 is 23.2 Å². The first-order chi connectivity index (χ1) is 14.9. The number of nitrogens with zero attached hydrogens (tertiary/aromatic N) is 1. The predicted molar refractivity (Wildman–Crippen MR) is 120 cm³/mol. The van der Waals surface area contributed by atoms with E-state index in [0.29, 0.717) is 22.2 Å². The van der Waals surface area contributed by atoms with Crippen molar-refractivity contribution in [1.82, 2.24) is 9.78 Å². The van der Waals surface area contributed by atoms with E-state index in [1.54, 1.807) is 19.1 Å². The van der Waals surface area contributed by atoms with Crippen molar-refractivity contribution in [2.75, 3.05) is 0 Å². The lowest BCUT2D eigenvalue weighted by molar-refractivity contribution is 0.506. The van der Waals surface area contributed by atoms with Crippen LogP contribution in [0.5, 0.6) is 0 Å². The van der Waals surface area contributed by atoms with E-state index in [2.05, 4.69) is 5.10 Å². The van der Waals surface area contributed by atoms with Gasteiger partial charge in [-0.05, 0) is 54.5 Å². The summed E-state index contributed by atoms with van der Waals surface area (Å²) in [4.78, 5) is 11.0. The van der Waals surface area contributed by atoms with Crippen molar-refractivity contribution in [2.45, 2.75) is 23.6 Å². The van der Waals surface area contributed by atoms with Crippen molar-refractivity contribution in [1.29, 1.82) is 0 Å². The van der Waals surface area contributed by atoms with E-state index in [9.17, 15) is 22.0 Å². The molecule has 3 aromatic rings. The first-order valence-corrected chi connectivity index (χ1v) is 11.7. The quantitative estimate of drug-likeness (QED) is 0.533.